The van der Waals surface area contributed by atoms with Crippen molar-refractivity contribution >= 4 is 63.0 Å². The van der Waals surface area contributed by atoms with E-state index in [1.54, 1.807) is 24.3 Å². The van der Waals surface area contributed by atoms with E-state index in [0.717, 1.165) is 20.7 Å². The van der Waals surface area contributed by atoms with Gasteiger partial charge in [-0.2, -0.15) is 0 Å². The minimum atomic E-state index is -3.72. The highest BCUT2D eigenvalue weighted by molar-refractivity contribution is 7.06. The lowest BCUT2D eigenvalue weighted by Crippen LogP contribution is -2.78. The molecule has 0 spiro atoms. The van der Waals surface area contributed by atoms with E-state index in [1.165, 1.54) is 24.3 Å². The summed E-state index contributed by atoms with van der Waals surface area (Å²) in [6.07, 6.45) is 0. The van der Waals surface area contributed by atoms with Crippen molar-refractivity contribution in [1.82, 2.24) is 0 Å². The maximum atomic E-state index is 14.3. The summed E-state index contributed by atoms with van der Waals surface area (Å²) in [7, 11) is -9.47. The number of halogens is 2. The van der Waals surface area contributed by atoms with Gasteiger partial charge in [-0.05, 0) is 55.9 Å². The van der Waals surface area contributed by atoms with Crippen molar-refractivity contribution in [3.63, 3.8) is 0 Å². The Morgan fingerprint density at radius 2 is 0.565 bits per heavy atom. The van der Waals surface area contributed by atoms with Crippen LogP contribution in [0.5, 0.6) is 0 Å². The van der Waals surface area contributed by atoms with Gasteiger partial charge in [-0.1, -0.05) is 146 Å². The summed E-state index contributed by atoms with van der Waals surface area (Å²) < 4.78 is 57.8. The lowest BCUT2D eigenvalue weighted by molar-refractivity contribution is 0.288. The van der Waals surface area contributed by atoms with Gasteiger partial charge in [0, 0.05) is 0 Å². The highest BCUT2D eigenvalue weighted by Gasteiger charge is 2.58. The van der Waals surface area contributed by atoms with Crippen LogP contribution < -0.4 is 31.7 Å². The van der Waals surface area contributed by atoms with Crippen LogP contribution in [0.15, 0.2) is 170 Å². The molecule has 7 rings (SSSR count). The molecule has 0 amide bonds. The van der Waals surface area contributed by atoms with Crippen molar-refractivity contribution < 1.29 is 26.2 Å². The van der Waals surface area contributed by atoms with Gasteiger partial charge in [0.2, 0.25) is 0 Å². The molecule has 224 valence electrons. The molecule has 6 aromatic rings. The largest absolute Gasteiger partial charge is 0.476 e. The molecule has 1 aliphatic rings. The van der Waals surface area contributed by atoms with Crippen LogP contribution in [0.3, 0.4) is 0 Å². The van der Waals surface area contributed by atoms with E-state index in [2.05, 4.69) is 0 Å². The maximum absolute atomic E-state index is 14.3. The summed E-state index contributed by atoms with van der Waals surface area (Å²) in [5.74, 6) is -0.745. The van der Waals surface area contributed by atoms with Gasteiger partial charge in [0.25, 0.3) is 0 Å². The number of rotatable bonds is 6. The molecule has 0 N–H and O–H groups in total. The van der Waals surface area contributed by atoms with Crippen LogP contribution in [-0.4, -0.2) is 31.4 Å². The van der Waals surface area contributed by atoms with Gasteiger partial charge in [-0.3, -0.25) is 0 Å². The molecule has 0 atom stereocenters. The van der Waals surface area contributed by atoms with E-state index in [-0.39, 0.29) is 11.6 Å². The van der Waals surface area contributed by atoms with Crippen LogP contribution in [0, 0.1) is 11.6 Å². The zero-order valence-electron chi connectivity index (χ0n) is 24.7. The molecule has 1 saturated heterocycles. The Balaban J connectivity index is 1.52. The molecule has 0 aliphatic carbocycles. The Bertz CT molecular complexity index is 1640. The standard InChI is InChI=1S/C36H28B2F2O4Si2/c39-31-25-21-29(22-26-31)37-41-45(33-13-5-1-6-14-33,34-15-7-2-8-16-34)42-38(30-23-27-32(40)28-24-30)44-46(43-37,35-17-9-3-10-18-35)36-19-11-4-12-20-36/h1-28H. The van der Waals surface area contributed by atoms with E-state index in [9.17, 15) is 8.78 Å². The molecule has 0 aromatic heterocycles. The molecule has 0 saturated carbocycles. The fourth-order valence-electron chi connectivity index (χ4n) is 5.73. The molecule has 46 heavy (non-hydrogen) atoms. The lowest BCUT2D eigenvalue weighted by atomic mass is 9.80. The Labute approximate surface area is 270 Å². The van der Waals surface area contributed by atoms with Crippen molar-refractivity contribution in [2.45, 2.75) is 0 Å². The molecule has 0 radical (unpaired) electrons. The first kappa shape index (κ1) is 30.2. The maximum Gasteiger partial charge on any atom is 0.476 e. The normalized spacial score (nSPS) is 16.0. The second kappa shape index (κ2) is 13.1. The van der Waals surface area contributed by atoms with E-state index in [0.29, 0.717) is 10.9 Å². The van der Waals surface area contributed by atoms with E-state index in [1.807, 2.05) is 121 Å². The van der Waals surface area contributed by atoms with Crippen molar-refractivity contribution in [2.75, 3.05) is 0 Å². The van der Waals surface area contributed by atoms with Crippen LogP contribution in [-0.2, 0) is 17.4 Å². The summed E-state index contributed by atoms with van der Waals surface area (Å²) in [5.41, 5.74) is 1.22. The van der Waals surface area contributed by atoms with Gasteiger partial charge in [0.05, 0.1) is 0 Å². The number of benzene rings is 6. The molecule has 10 heteroatoms. The minimum absolute atomic E-state index is 0.372. The van der Waals surface area contributed by atoms with Crippen LogP contribution in [0.1, 0.15) is 0 Å². The third-order valence-electron chi connectivity index (χ3n) is 7.99. The fourth-order valence-corrected chi connectivity index (χ4v) is 12.3. The van der Waals surface area contributed by atoms with Crippen molar-refractivity contribution in [2.24, 2.45) is 0 Å². The number of hydrogen-bond donors (Lipinski definition) is 0. The third-order valence-corrected chi connectivity index (χ3v) is 14.5. The van der Waals surface area contributed by atoms with Gasteiger partial charge in [-0.15, -0.1) is 0 Å². The summed E-state index contributed by atoms with van der Waals surface area (Å²) in [6.45, 7) is 0. The fraction of sp³-hybridized carbons (Fsp3) is 0. The molecular weight excluding hydrogens is 612 g/mol. The second-order valence-electron chi connectivity index (χ2n) is 10.9. The highest BCUT2D eigenvalue weighted by Crippen LogP contribution is 2.23. The quantitative estimate of drug-likeness (QED) is 0.261. The Morgan fingerprint density at radius 3 is 0.804 bits per heavy atom. The molecule has 0 unspecified atom stereocenters. The lowest BCUT2D eigenvalue weighted by Gasteiger charge is -2.44. The molecule has 1 heterocycles. The summed E-state index contributed by atoms with van der Waals surface area (Å²) in [4.78, 5) is 0. The van der Waals surface area contributed by atoms with E-state index in [4.69, 9.17) is 17.4 Å². The zero-order chi connectivity index (χ0) is 31.4. The van der Waals surface area contributed by atoms with Crippen molar-refractivity contribution in [3.05, 3.63) is 181 Å². The van der Waals surface area contributed by atoms with Crippen LogP contribution in [0.4, 0.5) is 8.78 Å². The highest BCUT2D eigenvalue weighted by atomic mass is 28.4. The first-order chi connectivity index (χ1) is 22.6. The first-order valence-corrected chi connectivity index (χ1v) is 18.6. The summed E-state index contributed by atoms with van der Waals surface area (Å²) in [6, 6.07) is 51.3. The van der Waals surface area contributed by atoms with Gasteiger partial charge in [0.15, 0.2) is 0 Å². The van der Waals surface area contributed by atoms with Crippen molar-refractivity contribution in [3.8, 4) is 0 Å². The third kappa shape index (κ3) is 5.94. The topological polar surface area (TPSA) is 36.9 Å². The average Bonchev–Trinajstić information content (AvgIpc) is 3.11. The monoisotopic (exact) mass is 640 g/mol. The predicted molar refractivity (Wildman–Crippen MR) is 184 cm³/mol. The first-order valence-electron chi connectivity index (χ1n) is 15.0. The summed E-state index contributed by atoms with van der Waals surface area (Å²) >= 11 is 0. The SMILES string of the molecule is Fc1ccc(B2O[Si](c3ccccc3)(c3ccccc3)OB(c3ccc(F)cc3)O[Si](c3ccccc3)(c3ccccc3)O2)cc1. The molecule has 6 aromatic carbocycles. The Morgan fingerprint density at radius 1 is 0.326 bits per heavy atom. The van der Waals surface area contributed by atoms with Crippen LogP contribution >= 0.6 is 0 Å². The van der Waals surface area contributed by atoms with Gasteiger partial charge < -0.3 is 17.4 Å². The second-order valence-corrected chi connectivity index (χ2v) is 16.7. The van der Waals surface area contributed by atoms with E-state index >= 15 is 0 Å². The minimum Gasteiger partial charge on any atom is -0.423 e. The van der Waals surface area contributed by atoms with Gasteiger partial charge >= 0.3 is 31.4 Å². The molecule has 1 aliphatic heterocycles. The predicted octanol–water partition coefficient (Wildman–Crippen LogP) is 3.65. The molecule has 1 fully saturated rings. The van der Waals surface area contributed by atoms with Crippen LogP contribution in [0.2, 0.25) is 0 Å². The van der Waals surface area contributed by atoms with Gasteiger partial charge in [0.1, 0.15) is 11.6 Å². The Kier molecular flexibility index (Phi) is 8.64. The van der Waals surface area contributed by atoms with Crippen molar-refractivity contribution in [1.29, 1.82) is 0 Å². The molecule has 0 bridgehead atoms. The molecule has 4 nitrogen and oxygen atoms in total. The van der Waals surface area contributed by atoms with E-state index < -0.39 is 31.4 Å². The smallest absolute Gasteiger partial charge is 0.423 e. The Hall–Kier alpha value is -4.42. The van der Waals surface area contributed by atoms with Crippen LogP contribution in [0.25, 0.3) is 0 Å². The van der Waals surface area contributed by atoms with Gasteiger partial charge in [-0.25, -0.2) is 8.78 Å². The molecular formula is C36H28B2F2O4Si2. The summed E-state index contributed by atoms with van der Waals surface area (Å²) in [5, 5.41) is 3.28. The number of hydrogen-bond acceptors (Lipinski definition) is 4. The average molecular weight is 640 g/mol. The zero-order valence-corrected chi connectivity index (χ0v) is 26.7.